The molecule has 0 aromatic carbocycles. The lowest BCUT2D eigenvalue weighted by molar-refractivity contribution is 0.102. The second kappa shape index (κ2) is 7.30. The number of pyridine rings is 1. The van der Waals surface area contributed by atoms with Crippen molar-refractivity contribution in [1.29, 1.82) is 0 Å². The maximum absolute atomic E-state index is 12.1. The first kappa shape index (κ1) is 14.9. The summed E-state index contributed by atoms with van der Waals surface area (Å²) in [5.74, 6) is 0.308. The Morgan fingerprint density at radius 2 is 2.05 bits per heavy atom. The van der Waals surface area contributed by atoms with Gasteiger partial charge in [0, 0.05) is 36.8 Å². The number of rotatable bonds is 6. The molecule has 0 saturated carbocycles. The molecule has 0 unspecified atom stereocenters. The Hall–Kier alpha value is -2.54. The van der Waals surface area contributed by atoms with E-state index in [2.05, 4.69) is 20.3 Å². The molecule has 0 bridgehead atoms. The molecule has 21 heavy (non-hydrogen) atoms. The molecular formula is C14H16N4O3. The molecule has 0 aliphatic rings. The van der Waals surface area contributed by atoms with Gasteiger partial charge < -0.3 is 9.47 Å². The maximum Gasteiger partial charge on any atom is 0.258 e. The van der Waals surface area contributed by atoms with Crippen molar-refractivity contribution in [2.24, 2.45) is 0 Å². The number of carbonyl (C=O) groups is 1. The average Bonchev–Trinajstić information content (AvgIpc) is 2.48. The highest BCUT2D eigenvalue weighted by Gasteiger charge is 2.09. The summed E-state index contributed by atoms with van der Waals surface area (Å²) < 4.78 is 10.2. The molecule has 0 spiro atoms. The summed E-state index contributed by atoms with van der Waals surface area (Å²) in [4.78, 5) is 24.2. The number of methoxy groups -OCH3 is 1. The molecule has 0 aliphatic heterocycles. The molecular weight excluding hydrogens is 272 g/mol. The van der Waals surface area contributed by atoms with Gasteiger partial charge in [-0.3, -0.25) is 10.1 Å². The number of anilines is 1. The summed E-state index contributed by atoms with van der Waals surface area (Å²) in [5.41, 5.74) is 1.20. The van der Waals surface area contributed by atoms with Crippen molar-refractivity contribution in [3.63, 3.8) is 0 Å². The lowest BCUT2D eigenvalue weighted by Gasteiger charge is -2.07. The van der Waals surface area contributed by atoms with Gasteiger partial charge in [-0.2, -0.15) is 0 Å². The van der Waals surface area contributed by atoms with E-state index in [1.54, 1.807) is 31.5 Å². The zero-order valence-corrected chi connectivity index (χ0v) is 11.9. The number of nitrogens with zero attached hydrogens (tertiary/aromatic N) is 3. The predicted molar refractivity (Wildman–Crippen MR) is 76.3 cm³/mol. The van der Waals surface area contributed by atoms with E-state index in [0.29, 0.717) is 24.7 Å². The summed E-state index contributed by atoms with van der Waals surface area (Å²) in [6.07, 6.45) is 3.10. The standard InChI is InChI=1S/C14H16N4O3/c1-10-3-5-16-14(17-10)18-13(19)11-4-6-15-12(9-11)21-8-7-20-2/h3-6,9H,7-8H2,1-2H3,(H,16,17,18,19). The minimum absolute atomic E-state index is 0.263. The van der Waals surface area contributed by atoms with E-state index in [-0.39, 0.29) is 11.9 Å². The van der Waals surface area contributed by atoms with Gasteiger partial charge in [0.15, 0.2) is 0 Å². The third kappa shape index (κ3) is 4.50. The fourth-order valence-electron chi connectivity index (χ4n) is 1.54. The summed E-state index contributed by atoms with van der Waals surface area (Å²) >= 11 is 0. The molecule has 110 valence electrons. The highest BCUT2D eigenvalue weighted by Crippen LogP contribution is 2.11. The molecule has 2 heterocycles. The summed E-state index contributed by atoms with van der Waals surface area (Å²) in [6, 6.07) is 4.90. The SMILES string of the molecule is COCCOc1cc(C(=O)Nc2nccc(C)n2)ccn1. The van der Waals surface area contributed by atoms with Crippen molar-refractivity contribution in [3.05, 3.63) is 41.9 Å². The highest BCUT2D eigenvalue weighted by molar-refractivity contribution is 6.03. The molecule has 7 nitrogen and oxygen atoms in total. The van der Waals surface area contributed by atoms with Crippen LogP contribution in [0.15, 0.2) is 30.6 Å². The Balaban J connectivity index is 2.03. The van der Waals surface area contributed by atoms with Gasteiger partial charge in [0.2, 0.25) is 11.8 Å². The molecule has 2 aromatic rings. The molecule has 1 amide bonds. The van der Waals surface area contributed by atoms with Crippen molar-refractivity contribution < 1.29 is 14.3 Å². The van der Waals surface area contributed by atoms with Crippen LogP contribution in [0.5, 0.6) is 5.88 Å². The summed E-state index contributed by atoms with van der Waals surface area (Å²) in [5, 5.41) is 2.62. The van der Waals surface area contributed by atoms with Crippen LogP contribution in [0.25, 0.3) is 0 Å². The first-order valence-electron chi connectivity index (χ1n) is 6.38. The third-order valence-electron chi connectivity index (χ3n) is 2.55. The number of hydrogen-bond donors (Lipinski definition) is 1. The van der Waals surface area contributed by atoms with Gasteiger partial charge in [-0.15, -0.1) is 0 Å². The van der Waals surface area contributed by atoms with Crippen LogP contribution >= 0.6 is 0 Å². The van der Waals surface area contributed by atoms with Crippen LogP contribution in [0, 0.1) is 6.92 Å². The van der Waals surface area contributed by atoms with E-state index in [0.717, 1.165) is 5.69 Å². The van der Waals surface area contributed by atoms with E-state index < -0.39 is 0 Å². The zero-order valence-electron chi connectivity index (χ0n) is 11.9. The normalized spacial score (nSPS) is 10.2. The van der Waals surface area contributed by atoms with E-state index in [9.17, 15) is 4.79 Å². The second-order valence-electron chi connectivity index (χ2n) is 4.20. The van der Waals surface area contributed by atoms with Gasteiger partial charge in [0.1, 0.15) is 6.61 Å². The second-order valence-corrected chi connectivity index (χ2v) is 4.20. The predicted octanol–water partition coefficient (Wildman–Crippen LogP) is 1.46. The van der Waals surface area contributed by atoms with Gasteiger partial charge in [0.05, 0.1) is 6.61 Å². The van der Waals surface area contributed by atoms with Crippen molar-refractivity contribution >= 4 is 11.9 Å². The molecule has 2 aromatic heterocycles. The first-order chi connectivity index (χ1) is 10.2. The lowest BCUT2D eigenvalue weighted by Crippen LogP contribution is -2.15. The van der Waals surface area contributed by atoms with Crippen LogP contribution in [-0.2, 0) is 4.74 Å². The topological polar surface area (TPSA) is 86.2 Å². The number of nitrogens with one attached hydrogen (secondary N) is 1. The molecule has 1 N–H and O–H groups in total. The van der Waals surface area contributed by atoms with Crippen LogP contribution in [0.1, 0.15) is 16.1 Å². The minimum atomic E-state index is -0.320. The van der Waals surface area contributed by atoms with E-state index in [4.69, 9.17) is 9.47 Å². The Kier molecular flexibility index (Phi) is 5.16. The largest absolute Gasteiger partial charge is 0.475 e. The quantitative estimate of drug-likeness (QED) is 0.810. The van der Waals surface area contributed by atoms with Crippen molar-refractivity contribution in [1.82, 2.24) is 15.0 Å². The van der Waals surface area contributed by atoms with E-state index in [1.165, 1.54) is 6.20 Å². The number of aryl methyl sites for hydroxylation is 1. The van der Waals surface area contributed by atoms with Crippen molar-refractivity contribution in [2.75, 3.05) is 25.6 Å². The van der Waals surface area contributed by atoms with Crippen molar-refractivity contribution in [2.45, 2.75) is 6.92 Å². The molecule has 0 saturated heterocycles. The number of carbonyl (C=O) groups excluding carboxylic acids is 1. The Morgan fingerprint density at radius 1 is 1.24 bits per heavy atom. The van der Waals surface area contributed by atoms with E-state index in [1.807, 2.05) is 6.92 Å². The van der Waals surface area contributed by atoms with Crippen LogP contribution in [0.3, 0.4) is 0 Å². The van der Waals surface area contributed by atoms with Crippen LogP contribution in [0.4, 0.5) is 5.95 Å². The smallest absolute Gasteiger partial charge is 0.258 e. The van der Waals surface area contributed by atoms with Gasteiger partial charge >= 0.3 is 0 Å². The fraction of sp³-hybridized carbons (Fsp3) is 0.286. The molecule has 0 atom stereocenters. The molecule has 2 rings (SSSR count). The highest BCUT2D eigenvalue weighted by atomic mass is 16.5. The Labute approximate surface area is 122 Å². The van der Waals surface area contributed by atoms with Crippen LogP contribution in [-0.4, -0.2) is 41.2 Å². The molecule has 0 radical (unpaired) electrons. The number of aromatic nitrogens is 3. The van der Waals surface area contributed by atoms with Gasteiger partial charge in [0.25, 0.3) is 5.91 Å². The fourth-order valence-corrected chi connectivity index (χ4v) is 1.54. The Bertz CT molecular complexity index is 619. The zero-order chi connectivity index (χ0) is 15.1. The summed E-state index contributed by atoms with van der Waals surface area (Å²) in [6.45, 7) is 2.65. The van der Waals surface area contributed by atoms with Gasteiger partial charge in [-0.25, -0.2) is 15.0 Å². The lowest BCUT2D eigenvalue weighted by atomic mass is 10.2. The Morgan fingerprint density at radius 3 is 2.81 bits per heavy atom. The first-order valence-corrected chi connectivity index (χ1v) is 6.38. The van der Waals surface area contributed by atoms with Gasteiger partial charge in [-0.1, -0.05) is 0 Å². The van der Waals surface area contributed by atoms with Crippen LogP contribution < -0.4 is 10.1 Å². The van der Waals surface area contributed by atoms with E-state index >= 15 is 0 Å². The minimum Gasteiger partial charge on any atom is -0.475 e. The number of ether oxygens (including phenoxy) is 2. The third-order valence-corrected chi connectivity index (χ3v) is 2.55. The molecule has 0 aliphatic carbocycles. The number of hydrogen-bond acceptors (Lipinski definition) is 6. The maximum atomic E-state index is 12.1. The number of amides is 1. The van der Waals surface area contributed by atoms with Gasteiger partial charge in [-0.05, 0) is 19.1 Å². The molecule has 7 heteroatoms. The molecule has 0 fully saturated rings. The monoisotopic (exact) mass is 288 g/mol. The summed E-state index contributed by atoms with van der Waals surface area (Å²) in [7, 11) is 1.59. The van der Waals surface area contributed by atoms with Crippen molar-refractivity contribution in [3.8, 4) is 5.88 Å². The average molecular weight is 288 g/mol. The van der Waals surface area contributed by atoms with Crippen LogP contribution in [0.2, 0.25) is 0 Å².